The summed E-state index contributed by atoms with van der Waals surface area (Å²) in [6.45, 7) is 2.27. The quantitative estimate of drug-likeness (QED) is 0.387. The number of hydrogen-bond donors (Lipinski definition) is 1. The molecule has 0 saturated carbocycles. The topological polar surface area (TPSA) is 76.1 Å². The summed E-state index contributed by atoms with van der Waals surface area (Å²) >= 11 is 12.4. The van der Waals surface area contributed by atoms with Gasteiger partial charge in [0.2, 0.25) is 0 Å². The molecule has 1 heterocycles. The molecule has 1 amide bonds. The summed E-state index contributed by atoms with van der Waals surface area (Å²) in [4.78, 5) is 27.1. The number of carbonyl (C=O) groups excluding carboxylic acids is 2. The second-order valence-electron chi connectivity index (χ2n) is 6.74. The number of amides is 1. The highest BCUT2D eigenvalue weighted by Crippen LogP contribution is 2.42. The van der Waals surface area contributed by atoms with Crippen LogP contribution < -0.4 is 9.47 Å². The lowest BCUT2D eigenvalue weighted by molar-refractivity contribution is -0.139. The van der Waals surface area contributed by atoms with Crippen molar-refractivity contribution >= 4 is 40.7 Å². The average molecular weight is 450 g/mol. The second-order valence-corrected chi connectivity index (χ2v) is 7.55. The molecule has 158 valence electrons. The van der Waals surface area contributed by atoms with Crippen LogP contribution in [0.15, 0.2) is 42.0 Å². The zero-order valence-corrected chi connectivity index (χ0v) is 18.3. The lowest BCUT2D eigenvalue weighted by Gasteiger charge is -2.25. The number of benzene rings is 2. The summed E-state index contributed by atoms with van der Waals surface area (Å²) in [7, 11) is 2.97. The molecule has 2 aromatic rings. The molecule has 30 heavy (non-hydrogen) atoms. The van der Waals surface area contributed by atoms with Crippen molar-refractivity contribution in [3.05, 3.63) is 63.1 Å². The van der Waals surface area contributed by atoms with E-state index in [0.29, 0.717) is 24.3 Å². The van der Waals surface area contributed by atoms with Gasteiger partial charge in [-0.25, -0.2) is 0 Å². The Hall–Kier alpha value is -2.70. The minimum absolute atomic E-state index is 0.0177. The molecular formula is C22H21Cl2NO5. The number of rotatable bonds is 6. The standard InChI is InChI=1S/C22H21Cl2NO5/c1-4-9-25-18(12-5-7-14(29-2)8-6-12)17(20(27)22(25)28)19(26)13-10-15(23)21(30-3)16(24)11-13/h5-8,10-11,18,26H,4,9H2,1-3H3/b19-17+. The van der Waals surface area contributed by atoms with Gasteiger partial charge < -0.3 is 19.5 Å². The molecule has 8 heteroatoms. The van der Waals surface area contributed by atoms with E-state index in [1.54, 1.807) is 31.4 Å². The Morgan fingerprint density at radius 1 is 1.07 bits per heavy atom. The first-order chi connectivity index (χ1) is 14.3. The minimum atomic E-state index is -0.759. The highest BCUT2D eigenvalue weighted by Gasteiger charge is 2.45. The van der Waals surface area contributed by atoms with Gasteiger partial charge in [0, 0.05) is 12.1 Å². The van der Waals surface area contributed by atoms with Crippen LogP contribution >= 0.6 is 23.2 Å². The van der Waals surface area contributed by atoms with E-state index in [1.165, 1.54) is 24.1 Å². The molecule has 1 atom stereocenters. The summed E-state index contributed by atoms with van der Waals surface area (Å²) in [5.41, 5.74) is 0.880. The second kappa shape index (κ2) is 8.98. The van der Waals surface area contributed by atoms with Gasteiger partial charge >= 0.3 is 0 Å². The first-order valence-corrected chi connectivity index (χ1v) is 10.0. The lowest BCUT2D eigenvalue weighted by Crippen LogP contribution is -2.30. The van der Waals surface area contributed by atoms with Crippen molar-refractivity contribution in [1.29, 1.82) is 0 Å². The van der Waals surface area contributed by atoms with Crippen LogP contribution in [0.4, 0.5) is 0 Å². The number of ketones is 1. The third-order valence-corrected chi connectivity index (χ3v) is 5.47. The van der Waals surface area contributed by atoms with Gasteiger partial charge in [0.25, 0.3) is 11.7 Å². The number of aliphatic hydroxyl groups excluding tert-OH is 1. The number of carbonyl (C=O) groups is 2. The number of methoxy groups -OCH3 is 2. The van der Waals surface area contributed by atoms with Crippen molar-refractivity contribution in [3.8, 4) is 11.5 Å². The normalized spacial score (nSPS) is 18.0. The Bertz CT molecular complexity index is 994. The molecule has 0 aromatic heterocycles. The highest BCUT2D eigenvalue weighted by molar-refractivity contribution is 6.46. The molecule has 0 spiro atoms. The summed E-state index contributed by atoms with van der Waals surface area (Å²) in [6.07, 6.45) is 0.653. The largest absolute Gasteiger partial charge is 0.507 e. The van der Waals surface area contributed by atoms with Gasteiger partial charge in [0.15, 0.2) is 5.75 Å². The zero-order chi connectivity index (χ0) is 22.0. The summed E-state index contributed by atoms with van der Waals surface area (Å²) in [5.74, 6) is -0.873. The maximum atomic E-state index is 12.9. The molecule has 1 aliphatic heterocycles. The monoisotopic (exact) mass is 449 g/mol. The number of halogens is 2. The molecule has 0 bridgehead atoms. The van der Waals surface area contributed by atoms with E-state index < -0.39 is 17.7 Å². The molecule has 0 radical (unpaired) electrons. The first kappa shape index (κ1) is 22.0. The van der Waals surface area contributed by atoms with Crippen LogP contribution in [0.1, 0.15) is 30.5 Å². The molecule has 1 aliphatic rings. The van der Waals surface area contributed by atoms with E-state index in [1.807, 2.05) is 6.92 Å². The summed E-state index contributed by atoms with van der Waals surface area (Å²) < 4.78 is 10.3. The van der Waals surface area contributed by atoms with E-state index in [4.69, 9.17) is 32.7 Å². The van der Waals surface area contributed by atoms with Crippen molar-refractivity contribution in [2.24, 2.45) is 0 Å². The smallest absolute Gasteiger partial charge is 0.295 e. The van der Waals surface area contributed by atoms with Crippen LogP contribution in [0.2, 0.25) is 10.0 Å². The Labute approximate surface area is 184 Å². The maximum absolute atomic E-state index is 12.9. The van der Waals surface area contributed by atoms with Crippen LogP contribution in [0.3, 0.4) is 0 Å². The fourth-order valence-corrected chi connectivity index (χ4v) is 4.17. The summed E-state index contributed by atoms with van der Waals surface area (Å²) in [6, 6.07) is 9.15. The van der Waals surface area contributed by atoms with E-state index in [-0.39, 0.29) is 32.7 Å². The molecule has 3 rings (SSSR count). The van der Waals surface area contributed by atoms with Gasteiger partial charge in [-0.15, -0.1) is 0 Å². The van der Waals surface area contributed by atoms with Crippen molar-refractivity contribution in [2.45, 2.75) is 19.4 Å². The van der Waals surface area contributed by atoms with Gasteiger partial charge in [-0.05, 0) is 36.2 Å². The molecule has 2 aromatic carbocycles. The SMILES string of the molecule is CCCN1C(=O)C(=O)/C(=C(/O)c2cc(Cl)c(OC)c(Cl)c2)C1c1ccc(OC)cc1. The molecule has 0 aliphatic carbocycles. The van der Waals surface area contributed by atoms with Gasteiger partial charge in [0.1, 0.15) is 11.5 Å². The van der Waals surface area contributed by atoms with Gasteiger partial charge in [-0.3, -0.25) is 9.59 Å². The number of ether oxygens (including phenoxy) is 2. The number of Topliss-reactive ketones (excluding diaryl/α,β-unsaturated/α-hetero) is 1. The number of aliphatic hydroxyl groups is 1. The number of likely N-dealkylation sites (tertiary alicyclic amines) is 1. The Balaban J connectivity index is 2.20. The fraction of sp³-hybridized carbons (Fsp3) is 0.273. The molecule has 1 N–H and O–H groups in total. The van der Waals surface area contributed by atoms with Crippen molar-refractivity contribution in [1.82, 2.24) is 4.90 Å². The highest BCUT2D eigenvalue weighted by atomic mass is 35.5. The van der Waals surface area contributed by atoms with E-state index in [2.05, 4.69) is 0 Å². The average Bonchev–Trinajstić information content (AvgIpc) is 2.98. The minimum Gasteiger partial charge on any atom is -0.507 e. The lowest BCUT2D eigenvalue weighted by atomic mass is 9.95. The Morgan fingerprint density at radius 3 is 2.17 bits per heavy atom. The van der Waals surface area contributed by atoms with Gasteiger partial charge in [-0.2, -0.15) is 0 Å². The van der Waals surface area contributed by atoms with Gasteiger partial charge in [-0.1, -0.05) is 42.3 Å². The van der Waals surface area contributed by atoms with Gasteiger partial charge in [0.05, 0.1) is 35.9 Å². The third kappa shape index (κ3) is 3.85. The molecule has 1 unspecified atom stereocenters. The molecule has 6 nitrogen and oxygen atoms in total. The molecule has 1 fully saturated rings. The number of nitrogens with zero attached hydrogens (tertiary/aromatic N) is 1. The third-order valence-electron chi connectivity index (χ3n) is 4.91. The predicted molar refractivity (Wildman–Crippen MR) is 115 cm³/mol. The van der Waals surface area contributed by atoms with Crippen LogP contribution in [-0.4, -0.2) is 42.5 Å². The predicted octanol–water partition coefficient (Wildman–Crippen LogP) is 4.84. The number of hydrogen-bond acceptors (Lipinski definition) is 5. The zero-order valence-electron chi connectivity index (χ0n) is 16.7. The van der Waals surface area contributed by atoms with Crippen LogP contribution in [-0.2, 0) is 9.59 Å². The van der Waals surface area contributed by atoms with E-state index in [0.717, 1.165) is 0 Å². The Kier molecular flexibility index (Phi) is 6.58. The van der Waals surface area contributed by atoms with Crippen molar-refractivity contribution in [2.75, 3.05) is 20.8 Å². The van der Waals surface area contributed by atoms with Crippen LogP contribution in [0.5, 0.6) is 11.5 Å². The van der Waals surface area contributed by atoms with Crippen molar-refractivity contribution < 1.29 is 24.2 Å². The van der Waals surface area contributed by atoms with E-state index in [9.17, 15) is 14.7 Å². The molecular weight excluding hydrogens is 429 g/mol. The Morgan fingerprint density at radius 2 is 1.67 bits per heavy atom. The van der Waals surface area contributed by atoms with E-state index >= 15 is 0 Å². The maximum Gasteiger partial charge on any atom is 0.295 e. The first-order valence-electron chi connectivity index (χ1n) is 9.29. The van der Waals surface area contributed by atoms with Crippen LogP contribution in [0, 0.1) is 0 Å². The van der Waals surface area contributed by atoms with Crippen LogP contribution in [0.25, 0.3) is 5.76 Å². The molecule has 1 saturated heterocycles. The summed E-state index contributed by atoms with van der Waals surface area (Å²) in [5, 5.41) is 11.4. The van der Waals surface area contributed by atoms with Crippen molar-refractivity contribution in [3.63, 3.8) is 0 Å². The fourth-order valence-electron chi connectivity index (χ4n) is 3.53.